The van der Waals surface area contributed by atoms with Crippen molar-refractivity contribution in [3.05, 3.63) is 0 Å². The molecule has 3 atom stereocenters. The Bertz CT molecular complexity index is 117. The van der Waals surface area contributed by atoms with Crippen LogP contribution in [0.2, 0.25) is 0 Å². The molecule has 0 heterocycles. The van der Waals surface area contributed by atoms with Crippen LogP contribution in [0.25, 0.3) is 0 Å². The summed E-state index contributed by atoms with van der Waals surface area (Å²) < 4.78 is 0. The van der Waals surface area contributed by atoms with E-state index in [2.05, 4.69) is 20.8 Å². The van der Waals surface area contributed by atoms with Crippen molar-refractivity contribution in [3.8, 4) is 0 Å². The summed E-state index contributed by atoms with van der Waals surface area (Å²) >= 11 is 6.33. The van der Waals surface area contributed by atoms with Crippen LogP contribution >= 0.6 is 11.6 Å². The van der Waals surface area contributed by atoms with Crippen molar-refractivity contribution >= 4 is 11.6 Å². The smallest absolute Gasteiger partial charge is 0.0366 e. The Kier molecular flexibility index (Phi) is 3.89. The summed E-state index contributed by atoms with van der Waals surface area (Å²) in [5, 5.41) is 0.412. The van der Waals surface area contributed by atoms with E-state index in [9.17, 15) is 0 Å². The van der Waals surface area contributed by atoms with E-state index in [-0.39, 0.29) is 0 Å². The van der Waals surface area contributed by atoms with Gasteiger partial charge in [-0.2, -0.15) is 0 Å². The molecule has 0 bridgehead atoms. The molecule has 0 spiro atoms. The average Bonchev–Trinajstić information content (AvgIpc) is 2.03. The molecular weight excluding hydrogens is 168 g/mol. The van der Waals surface area contributed by atoms with Crippen LogP contribution in [0.3, 0.4) is 0 Å². The summed E-state index contributed by atoms with van der Waals surface area (Å²) in [6.45, 7) is 6.93. The third kappa shape index (κ3) is 2.16. The molecule has 3 unspecified atom stereocenters. The van der Waals surface area contributed by atoms with Crippen LogP contribution in [-0.2, 0) is 0 Å². The fourth-order valence-corrected chi connectivity index (χ4v) is 3.19. The quantitative estimate of drug-likeness (QED) is 0.573. The van der Waals surface area contributed by atoms with Crippen molar-refractivity contribution in [3.63, 3.8) is 0 Å². The van der Waals surface area contributed by atoms with Crippen molar-refractivity contribution in [2.24, 2.45) is 17.8 Å². The minimum Gasteiger partial charge on any atom is -0.123 e. The predicted octanol–water partition coefficient (Wildman–Crippen LogP) is 4.08. The van der Waals surface area contributed by atoms with E-state index in [1.807, 2.05) is 0 Å². The van der Waals surface area contributed by atoms with Crippen LogP contribution in [-0.4, -0.2) is 5.38 Å². The molecule has 0 N–H and O–H groups in total. The fourth-order valence-electron chi connectivity index (χ4n) is 2.69. The summed E-state index contributed by atoms with van der Waals surface area (Å²) in [5.41, 5.74) is 0. The minimum absolute atomic E-state index is 0.412. The summed E-state index contributed by atoms with van der Waals surface area (Å²) in [5.74, 6) is 2.46. The molecule has 0 aliphatic heterocycles. The molecule has 0 aromatic heterocycles. The SMILES string of the molecule is CCC(Cl)C1C(C)CCCC1C. The molecule has 1 saturated carbocycles. The summed E-state index contributed by atoms with van der Waals surface area (Å²) in [6.07, 6.45) is 5.31. The lowest BCUT2D eigenvalue weighted by Crippen LogP contribution is -2.31. The maximum atomic E-state index is 6.33. The first-order chi connectivity index (χ1) is 5.66. The highest BCUT2D eigenvalue weighted by Crippen LogP contribution is 2.39. The molecule has 12 heavy (non-hydrogen) atoms. The molecule has 0 radical (unpaired) electrons. The molecule has 1 aliphatic rings. The van der Waals surface area contributed by atoms with Crippen LogP contribution in [0.4, 0.5) is 0 Å². The molecule has 1 fully saturated rings. The van der Waals surface area contributed by atoms with E-state index in [1.54, 1.807) is 0 Å². The van der Waals surface area contributed by atoms with E-state index < -0.39 is 0 Å². The number of hydrogen-bond donors (Lipinski definition) is 0. The first kappa shape index (κ1) is 10.4. The highest BCUT2D eigenvalue weighted by molar-refractivity contribution is 6.20. The monoisotopic (exact) mass is 188 g/mol. The molecule has 1 rings (SSSR count). The number of alkyl halides is 1. The molecule has 0 saturated heterocycles. The van der Waals surface area contributed by atoms with Gasteiger partial charge in [-0.05, 0) is 24.2 Å². The third-order valence-corrected chi connectivity index (χ3v) is 4.04. The van der Waals surface area contributed by atoms with E-state index in [0.29, 0.717) is 5.38 Å². The molecule has 1 aliphatic carbocycles. The van der Waals surface area contributed by atoms with Crippen molar-refractivity contribution in [1.82, 2.24) is 0 Å². The van der Waals surface area contributed by atoms with Crippen molar-refractivity contribution in [1.29, 1.82) is 0 Å². The molecule has 1 heteroatoms. The van der Waals surface area contributed by atoms with Crippen molar-refractivity contribution in [2.75, 3.05) is 0 Å². The summed E-state index contributed by atoms with van der Waals surface area (Å²) in [4.78, 5) is 0. The highest BCUT2D eigenvalue weighted by Gasteiger charge is 2.31. The molecule has 72 valence electrons. The van der Waals surface area contributed by atoms with Gasteiger partial charge in [-0.25, -0.2) is 0 Å². The van der Waals surface area contributed by atoms with Gasteiger partial charge in [0.25, 0.3) is 0 Å². The lowest BCUT2D eigenvalue weighted by atomic mass is 9.71. The number of hydrogen-bond acceptors (Lipinski definition) is 0. The van der Waals surface area contributed by atoms with Crippen molar-refractivity contribution < 1.29 is 0 Å². The Morgan fingerprint density at radius 3 is 2.17 bits per heavy atom. The second-order valence-corrected chi connectivity index (χ2v) is 4.95. The summed E-state index contributed by atoms with van der Waals surface area (Å²) in [7, 11) is 0. The Hall–Kier alpha value is 0.290. The zero-order chi connectivity index (χ0) is 9.14. The maximum Gasteiger partial charge on any atom is 0.0366 e. The van der Waals surface area contributed by atoms with Crippen LogP contribution in [0.5, 0.6) is 0 Å². The second-order valence-electron chi connectivity index (χ2n) is 4.39. The van der Waals surface area contributed by atoms with E-state index in [0.717, 1.165) is 24.2 Å². The second kappa shape index (κ2) is 4.50. The highest BCUT2D eigenvalue weighted by atomic mass is 35.5. The van der Waals surface area contributed by atoms with Crippen molar-refractivity contribution in [2.45, 2.75) is 51.8 Å². The number of rotatable bonds is 2. The fraction of sp³-hybridized carbons (Fsp3) is 1.00. The lowest BCUT2D eigenvalue weighted by molar-refractivity contribution is 0.170. The van der Waals surface area contributed by atoms with E-state index in [4.69, 9.17) is 11.6 Å². The van der Waals surface area contributed by atoms with Crippen LogP contribution < -0.4 is 0 Å². The molecule has 0 amide bonds. The van der Waals surface area contributed by atoms with Gasteiger partial charge in [0.1, 0.15) is 0 Å². The van der Waals surface area contributed by atoms with E-state index >= 15 is 0 Å². The Balaban J connectivity index is 2.56. The van der Waals surface area contributed by atoms with Crippen LogP contribution in [0.1, 0.15) is 46.5 Å². The Labute approximate surface area is 81.7 Å². The van der Waals surface area contributed by atoms with E-state index in [1.165, 1.54) is 19.3 Å². The third-order valence-electron chi connectivity index (χ3n) is 3.44. The molecular formula is C11H21Cl. The first-order valence-corrected chi connectivity index (χ1v) is 5.74. The molecule has 0 aromatic carbocycles. The standard InChI is InChI=1S/C11H21Cl/c1-4-10(12)11-8(2)6-5-7-9(11)3/h8-11H,4-7H2,1-3H3. The van der Waals surface area contributed by atoms with Crippen LogP contribution in [0, 0.1) is 17.8 Å². The number of halogens is 1. The topological polar surface area (TPSA) is 0 Å². The Morgan fingerprint density at radius 1 is 1.25 bits per heavy atom. The average molecular weight is 189 g/mol. The van der Waals surface area contributed by atoms with Gasteiger partial charge in [-0.3, -0.25) is 0 Å². The largest absolute Gasteiger partial charge is 0.123 e. The van der Waals surface area contributed by atoms with Gasteiger partial charge in [-0.1, -0.05) is 40.0 Å². The van der Waals surface area contributed by atoms with Gasteiger partial charge < -0.3 is 0 Å². The van der Waals surface area contributed by atoms with Gasteiger partial charge in [0.2, 0.25) is 0 Å². The van der Waals surface area contributed by atoms with Gasteiger partial charge in [0.15, 0.2) is 0 Å². The Morgan fingerprint density at radius 2 is 1.75 bits per heavy atom. The lowest BCUT2D eigenvalue weighted by Gasteiger charge is -2.37. The van der Waals surface area contributed by atoms with Gasteiger partial charge >= 0.3 is 0 Å². The molecule has 0 aromatic rings. The predicted molar refractivity (Wildman–Crippen MR) is 55.6 cm³/mol. The first-order valence-electron chi connectivity index (χ1n) is 5.30. The van der Waals surface area contributed by atoms with Crippen LogP contribution in [0.15, 0.2) is 0 Å². The zero-order valence-corrected chi connectivity index (χ0v) is 9.27. The normalized spacial score (nSPS) is 39.5. The zero-order valence-electron chi connectivity index (χ0n) is 8.52. The summed E-state index contributed by atoms with van der Waals surface area (Å²) in [6, 6.07) is 0. The van der Waals surface area contributed by atoms with Gasteiger partial charge in [0.05, 0.1) is 0 Å². The molecule has 0 nitrogen and oxygen atoms in total. The van der Waals surface area contributed by atoms with Gasteiger partial charge in [-0.15, -0.1) is 11.6 Å². The maximum absolute atomic E-state index is 6.33. The minimum atomic E-state index is 0.412. The van der Waals surface area contributed by atoms with Gasteiger partial charge in [0, 0.05) is 5.38 Å².